The number of halogens is 1. The van der Waals surface area contributed by atoms with Crippen LogP contribution in [-0.4, -0.2) is 30.6 Å². The number of carbonyl (C=O) groups is 2. The highest BCUT2D eigenvalue weighted by atomic mass is 79.9. The average molecular weight is 301 g/mol. The van der Waals surface area contributed by atoms with E-state index < -0.39 is 11.9 Å². The van der Waals surface area contributed by atoms with Crippen LogP contribution in [0.5, 0.6) is 0 Å². The van der Waals surface area contributed by atoms with Gasteiger partial charge in [-0.25, -0.2) is 0 Å². The fourth-order valence-corrected chi connectivity index (χ4v) is 1.76. The maximum absolute atomic E-state index is 11.2. The summed E-state index contributed by atoms with van der Waals surface area (Å²) in [6.07, 6.45) is 0.00121. The van der Waals surface area contributed by atoms with Crippen LogP contribution in [-0.2, 0) is 4.79 Å². The van der Waals surface area contributed by atoms with Crippen LogP contribution in [0.3, 0.4) is 0 Å². The Morgan fingerprint density at radius 2 is 2.12 bits per heavy atom. The zero-order valence-electron chi connectivity index (χ0n) is 9.31. The highest BCUT2D eigenvalue weighted by Crippen LogP contribution is 2.24. The molecule has 0 spiro atoms. The Kier molecular flexibility index (Phi) is 4.51. The van der Waals surface area contributed by atoms with E-state index in [1.54, 1.807) is 30.1 Å². The first-order valence-electron chi connectivity index (χ1n) is 4.94. The summed E-state index contributed by atoms with van der Waals surface area (Å²) < 4.78 is 0.805. The first-order valence-corrected chi connectivity index (χ1v) is 5.73. The third-order valence-electron chi connectivity index (χ3n) is 2.30. The molecule has 0 aliphatic carbocycles. The van der Waals surface area contributed by atoms with Gasteiger partial charge < -0.3 is 15.7 Å². The average Bonchev–Trinajstić information content (AvgIpc) is 2.25. The number of primary amides is 1. The van der Waals surface area contributed by atoms with Gasteiger partial charge in [-0.3, -0.25) is 9.59 Å². The van der Waals surface area contributed by atoms with Crippen LogP contribution in [0.15, 0.2) is 22.7 Å². The molecule has 0 saturated carbocycles. The summed E-state index contributed by atoms with van der Waals surface area (Å²) in [6, 6.07) is 5.07. The minimum absolute atomic E-state index is 0.00121. The lowest BCUT2D eigenvalue weighted by Gasteiger charge is -2.20. The van der Waals surface area contributed by atoms with Crippen molar-refractivity contribution in [1.29, 1.82) is 0 Å². The first kappa shape index (κ1) is 13.5. The molecule has 0 unspecified atom stereocenters. The van der Waals surface area contributed by atoms with E-state index in [2.05, 4.69) is 15.9 Å². The molecule has 1 amide bonds. The predicted molar refractivity (Wildman–Crippen MR) is 68.2 cm³/mol. The number of rotatable bonds is 5. The quantitative estimate of drug-likeness (QED) is 0.862. The van der Waals surface area contributed by atoms with Crippen LogP contribution in [0.25, 0.3) is 0 Å². The molecular weight excluding hydrogens is 288 g/mol. The predicted octanol–water partition coefficient (Wildman–Crippen LogP) is 1.46. The zero-order chi connectivity index (χ0) is 13.0. The molecular formula is C11H13BrN2O3. The van der Waals surface area contributed by atoms with Crippen LogP contribution < -0.4 is 10.6 Å². The number of carboxylic acid groups (broad SMARTS) is 1. The van der Waals surface area contributed by atoms with E-state index in [1.165, 1.54) is 0 Å². The van der Waals surface area contributed by atoms with E-state index in [9.17, 15) is 9.59 Å². The molecule has 5 nitrogen and oxygen atoms in total. The number of hydrogen-bond donors (Lipinski definition) is 2. The van der Waals surface area contributed by atoms with E-state index in [1.807, 2.05) is 0 Å². The summed E-state index contributed by atoms with van der Waals surface area (Å²) in [7, 11) is 1.72. The lowest BCUT2D eigenvalue weighted by molar-refractivity contribution is -0.136. The largest absolute Gasteiger partial charge is 0.481 e. The molecule has 3 N–H and O–H groups in total. The molecule has 0 aliphatic rings. The van der Waals surface area contributed by atoms with Crippen molar-refractivity contribution in [3.05, 3.63) is 28.2 Å². The van der Waals surface area contributed by atoms with Gasteiger partial charge in [0.1, 0.15) is 0 Å². The van der Waals surface area contributed by atoms with Gasteiger partial charge in [-0.15, -0.1) is 0 Å². The highest BCUT2D eigenvalue weighted by molar-refractivity contribution is 9.10. The molecule has 0 aromatic heterocycles. The Morgan fingerprint density at radius 3 is 2.65 bits per heavy atom. The number of amides is 1. The van der Waals surface area contributed by atoms with Gasteiger partial charge in [-0.2, -0.15) is 0 Å². The molecule has 0 atom stereocenters. The van der Waals surface area contributed by atoms with Crippen LogP contribution in [0.4, 0.5) is 5.69 Å². The molecule has 0 radical (unpaired) electrons. The second-order valence-corrected chi connectivity index (χ2v) is 4.51. The lowest BCUT2D eigenvalue weighted by Crippen LogP contribution is -2.24. The maximum Gasteiger partial charge on any atom is 0.305 e. The number of anilines is 1. The van der Waals surface area contributed by atoms with Crippen molar-refractivity contribution in [1.82, 2.24) is 0 Å². The smallest absolute Gasteiger partial charge is 0.305 e. The SMILES string of the molecule is CN(CCC(=O)O)c1cc(Br)ccc1C(N)=O. The van der Waals surface area contributed by atoms with Gasteiger partial charge in [0.15, 0.2) is 0 Å². The van der Waals surface area contributed by atoms with Crippen LogP contribution in [0.2, 0.25) is 0 Å². The second-order valence-electron chi connectivity index (χ2n) is 3.59. The second kappa shape index (κ2) is 5.67. The number of nitrogens with zero attached hydrogens (tertiary/aromatic N) is 1. The van der Waals surface area contributed by atoms with Crippen LogP contribution in [0, 0.1) is 0 Å². The number of carboxylic acids is 1. The van der Waals surface area contributed by atoms with Gasteiger partial charge in [0, 0.05) is 18.1 Å². The molecule has 92 valence electrons. The van der Waals surface area contributed by atoms with Crippen molar-refractivity contribution < 1.29 is 14.7 Å². The molecule has 0 aliphatic heterocycles. The maximum atomic E-state index is 11.2. The molecule has 0 saturated heterocycles. The van der Waals surface area contributed by atoms with E-state index >= 15 is 0 Å². The van der Waals surface area contributed by atoms with Crippen molar-refractivity contribution in [2.75, 3.05) is 18.5 Å². The Morgan fingerprint density at radius 1 is 1.47 bits per heavy atom. The normalized spacial score (nSPS) is 10.0. The van der Waals surface area contributed by atoms with Gasteiger partial charge in [-0.1, -0.05) is 15.9 Å². The van der Waals surface area contributed by atoms with Crippen molar-refractivity contribution in [2.24, 2.45) is 5.73 Å². The minimum atomic E-state index is -0.882. The van der Waals surface area contributed by atoms with Crippen molar-refractivity contribution in [3.8, 4) is 0 Å². The molecule has 17 heavy (non-hydrogen) atoms. The Bertz CT molecular complexity index is 448. The molecule has 0 bridgehead atoms. The van der Waals surface area contributed by atoms with Crippen molar-refractivity contribution in [2.45, 2.75) is 6.42 Å². The summed E-state index contributed by atoms with van der Waals surface area (Å²) in [6.45, 7) is 0.312. The lowest BCUT2D eigenvalue weighted by atomic mass is 10.1. The van der Waals surface area contributed by atoms with E-state index in [0.29, 0.717) is 17.8 Å². The third kappa shape index (κ3) is 3.74. The molecule has 0 fully saturated rings. The Labute approximate surface area is 107 Å². The Hall–Kier alpha value is -1.56. The van der Waals surface area contributed by atoms with E-state index in [0.717, 1.165) is 4.47 Å². The summed E-state index contributed by atoms with van der Waals surface area (Å²) in [5, 5.41) is 8.61. The fraction of sp³-hybridized carbons (Fsp3) is 0.273. The third-order valence-corrected chi connectivity index (χ3v) is 2.79. The number of aliphatic carboxylic acids is 1. The first-order chi connectivity index (χ1) is 7.91. The molecule has 0 heterocycles. The topological polar surface area (TPSA) is 83.6 Å². The summed E-state index contributed by atoms with van der Waals surface area (Å²) >= 11 is 3.30. The number of nitrogens with two attached hydrogens (primary N) is 1. The molecule has 6 heteroatoms. The van der Waals surface area contributed by atoms with Crippen LogP contribution in [0.1, 0.15) is 16.8 Å². The monoisotopic (exact) mass is 300 g/mol. The summed E-state index contributed by atoms with van der Waals surface area (Å²) in [5.41, 5.74) is 6.26. The van der Waals surface area contributed by atoms with Crippen molar-refractivity contribution in [3.63, 3.8) is 0 Å². The molecule has 1 rings (SSSR count). The standard InChI is InChI=1S/C11H13BrN2O3/c1-14(5-4-10(15)16)9-6-7(12)2-3-8(9)11(13)17/h2-3,6H,4-5H2,1H3,(H2,13,17)(H,15,16). The van der Waals surface area contributed by atoms with E-state index in [4.69, 9.17) is 10.8 Å². The fourth-order valence-electron chi connectivity index (χ4n) is 1.41. The van der Waals surface area contributed by atoms with Gasteiger partial charge in [-0.05, 0) is 18.2 Å². The van der Waals surface area contributed by atoms with Gasteiger partial charge in [0.05, 0.1) is 17.7 Å². The Balaban J connectivity index is 2.97. The van der Waals surface area contributed by atoms with Crippen LogP contribution >= 0.6 is 15.9 Å². The van der Waals surface area contributed by atoms with E-state index in [-0.39, 0.29) is 6.42 Å². The highest BCUT2D eigenvalue weighted by Gasteiger charge is 2.13. The number of hydrogen-bond acceptors (Lipinski definition) is 3. The van der Waals surface area contributed by atoms with Gasteiger partial charge in [0.2, 0.25) is 0 Å². The molecule has 1 aromatic rings. The van der Waals surface area contributed by atoms with Gasteiger partial charge in [0.25, 0.3) is 5.91 Å². The zero-order valence-corrected chi connectivity index (χ0v) is 10.9. The number of carbonyl (C=O) groups excluding carboxylic acids is 1. The van der Waals surface area contributed by atoms with Gasteiger partial charge >= 0.3 is 5.97 Å². The molecule has 1 aromatic carbocycles. The summed E-state index contributed by atoms with van der Waals surface area (Å²) in [4.78, 5) is 23.4. The number of benzene rings is 1. The summed E-state index contributed by atoms with van der Waals surface area (Å²) in [5.74, 6) is -1.41. The van der Waals surface area contributed by atoms with Crippen molar-refractivity contribution >= 4 is 33.5 Å². The minimum Gasteiger partial charge on any atom is -0.481 e.